The Bertz CT molecular complexity index is 414. The van der Waals surface area contributed by atoms with Crippen LogP contribution < -0.4 is 0 Å². The fourth-order valence-corrected chi connectivity index (χ4v) is 3.54. The second-order valence-corrected chi connectivity index (χ2v) is 8.16. The van der Waals surface area contributed by atoms with Gasteiger partial charge in [0.25, 0.3) is 0 Å². The largest absolute Gasteiger partial charge is 0.379 e. The molecule has 0 radical (unpaired) electrons. The molecule has 5 nitrogen and oxygen atoms in total. The highest BCUT2D eigenvalue weighted by Crippen LogP contribution is 2.30. The number of allylic oxidation sites excluding steroid dienone is 1. The van der Waals surface area contributed by atoms with Gasteiger partial charge in [-0.25, -0.2) is 0 Å². The number of hydrogen-bond donors (Lipinski definition) is 0. The van der Waals surface area contributed by atoms with Crippen LogP contribution in [-0.4, -0.2) is 63.6 Å². The molecule has 1 aliphatic rings. The van der Waals surface area contributed by atoms with E-state index in [0.29, 0.717) is 26.4 Å². The number of rotatable bonds is 18. The molecule has 1 aliphatic heterocycles. The predicted molar refractivity (Wildman–Crippen MR) is 123 cm³/mol. The smallest absolute Gasteiger partial charge is 0.116 e. The van der Waals surface area contributed by atoms with Crippen LogP contribution in [0.4, 0.5) is 0 Å². The molecule has 1 heterocycles. The molecule has 30 heavy (non-hydrogen) atoms. The minimum Gasteiger partial charge on any atom is -0.379 e. The summed E-state index contributed by atoms with van der Waals surface area (Å²) in [4.78, 5) is 0. The SMILES string of the molecule is C/C=C/[C@H]1OC(COCCCC)[C@@H](OCCCC)[C@H](OCCCC)C1OCCCC. The van der Waals surface area contributed by atoms with Crippen LogP contribution in [0.25, 0.3) is 0 Å². The zero-order valence-corrected chi connectivity index (χ0v) is 20.3. The van der Waals surface area contributed by atoms with Crippen LogP contribution in [0.1, 0.15) is 86.0 Å². The lowest BCUT2D eigenvalue weighted by Gasteiger charge is -2.45. The average molecular weight is 429 g/mol. The fraction of sp³-hybridized carbons (Fsp3) is 0.920. The van der Waals surface area contributed by atoms with Gasteiger partial charge in [0, 0.05) is 26.4 Å². The molecule has 2 unspecified atom stereocenters. The maximum absolute atomic E-state index is 6.49. The molecule has 0 aromatic rings. The number of unbranched alkanes of at least 4 members (excludes halogenated alkanes) is 4. The Kier molecular flexibility index (Phi) is 16.7. The summed E-state index contributed by atoms with van der Waals surface area (Å²) >= 11 is 0. The quantitative estimate of drug-likeness (QED) is 0.207. The van der Waals surface area contributed by atoms with E-state index in [1.807, 2.05) is 13.0 Å². The second kappa shape index (κ2) is 18.1. The van der Waals surface area contributed by atoms with Gasteiger partial charge in [-0.1, -0.05) is 65.5 Å². The highest BCUT2D eigenvalue weighted by atomic mass is 16.6. The highest BCUT2D eigenvalue weighted by molar-refractivity contribution is 5.03. The van der Waals surface area contributed by atoms with E-state index in [1.165, 1.54) is 0 Å². The van der Waals surface area contributed by atoms with Gasteiger partial charge in [-0.15, -0.1) is 0 Å². The molecule has 0 aliphatic carbocycles. The van der Waals surface area contributed by atoms with Gasteiger partial charge in [-0.05, 0) is 32.6 Å². The molecular formula is C25H48O5. The zero-order valence-electron chi connectivity index (χ0n) is 20.3. The summed E-state index contributed by atoms with van der Waals surface area (Å²) in [6.07, 6.45) is 11.9. The Morgan fingerprint density at radius 1 is 0.667 bits per heavy atom. The van der Waals surface area contributed by atoms with Crippen LogP contribution in [0.15, 0.2) is 12.2 Å². The Hall–Kier alpha value is -0.460. The van der Waals surface area contributed by atoms with E-state index in [2.05, 4.69) is 33.8 Å². The lowest BCUT2D eigenvalue weighted by Crippen LogP contribution is -2.61. The Balaban J connectivity index is 3.01. The normalized spacial score (nSPS) is 27.2. The summed E-state index contributed by atoms with van der Waals surface area (Å²) in [6.45, 7) is 14.2. The van der Waals surface area contributed by atoms with Crippen LogP contribution in [0.2, 0.25) is 0 Å². The molecule has 178 valence electrons. The van der Waals surface area contributed by atoms with Crippen molar-refractivity contribution in [3.63, 3.8) is 0 Å². The first-order valence-electron chi connectivity index (χ1n) is 12.4. The van der Waals surface area contributed by atoms with E-state index in [-0.39, 0.29) is 30.5 Å². The van der Waals surface area contributed by atoms with Crippen LogP contribution in [0, 0.1) is 0 Å². The maximum Gasteiger partial charge on any atom is 0.116 e. The molecule has 5 heteroatoms. The van der Waals surface area contributed by atoms with Gasteiger partial charge in [-0.2, -0.15) is 0 Å². The Morgan fingerprint density at radius 2 is 1.17 bits per heavy atom. The molecule has 0 saturated carbocycles. The first-order valence-corrected chi connectivity index (χ1v) is 12.4. The van der Waals surface area contributed by atoms with Crippen molar-refractivity contribution in [2.45, 2.75) is 117 Å². The van der Waals surface area contributed by atoms with E-state index in [4.69, 9.17) is 23.7 Å². The highest BCUT2D eigenvalue weighted by Gasteiger charge is 2.47. The maximum atomic E-state index is 6.49. The van der Waals surface area contributed by atoms with E-state index < -0.39 is 0 Å². The van der Waals surface area contributed by atoms with E-state index in [9.17, 15) is 0 Å². The van der Waals surface area contributed by atoms with Crippen molar-refractivity contribution < 1.29 is 23.7 Å². The fourth-order valence-electron chi connectivity index (χ4n) is 3.54. The summed E-state index contributed by atoms with van der Waals surface area (Å²) in [5.41, 5.74) is 0. The van der Waals surface area contributed by atoms with Crippen molar-refractivity contribution in [2.75, 3.05) is 33.0 Å². The third-order valence-electron chi connectivity index (χ3n) is 5.40. The van der Waals surface area contributed by atoms with E-state index >= 15 is 0 Å². The summed E-state index contributed by atoms with van der Waals surface area (Å²) in [5.74, 6) is 0. The molecule has 1 fully saturated rings. The van der Waals surface area contributed by atoms with Crippen LogP contribution in [0.3, 0.4) is 0 Å². The van der Waals surface area contributed by atoms with Crippen LogP contribution >= 0.6 is 0 Å². The van der Waals surface area contributed by atoms with Gasteiger partial charge in [0.1, 0.15) is 30.5 Å². The summed E-state index contributed by atoms with van der Waals surface area (Å²) in [6, 6.07) is 0. The summed E-state index contributed by atoms with van der Waals surface area (Å²) < 4.78 is 31.6. The molecule has 0 spiro atoms. The third-order valence-corrected chi connectivity index (χ3v) is 5.40. The number of ether oxygens (including phenoxy) is 5. The minimum atomic E-state index is -0.178. The molecule has 1 saturated heterocycles. The molecule has 0 amide bonds. The van der Waals surface area contributed by atoms with Gasteiger partial charge in [0.05, 0.1) is 6.61 Å². The molecule has 0 bridgehead atoms. The monoisotopic (exact) mass is 428 g/mol. The van der Waals surface area contributed by atoms with Crippen molar-refractivity contribution in [3.05, 3.63) is 12.2 Å². The van der Waals surface area contributed by atoms with Gasteiger partial charge in [0.2, 0.25) is 0 Å². The molecule has 0 aromatic carbocycles. The van der Waals surface area contributed by atoms with Crippen LogP contribution in [0.5, 0.6) is 0 Å². The van der Waals surface area contributed by atoms with Gasteiger partial charge in [0.15, 0.2) is 0 Å². The molecule has 5 atom stereocenters. The van der Waals surface area contributed by atoms with Crippen molar-refractivity contribution in [1.82, 2.24) is 0 Å². The van der Waals surface area contributed by atoms with Crippen molar-refractivity contribution >= 4 is 0 Å². The second-order valence-electron chi connectivity index (χ2n) is 8.16. The Morgan fingerprint density at radius 3 is 1.70 bits per heavy atom. The van der Waals surface area contributed by atoms with Crippen molar-refractivity contribution in [1.29, 1.82) is 0 Å². The van der Waals surface area contributed by atoms with Gasteiger partial charge in [-0.3, -0.25) is 0 Å². The topological polar surface area (TPSA) is 46.2 Å². The van der Waals surface area contributed by atoms with Crippen LogP contribution in [-0.2, 0) is 23.7 Å². The predicted octanol–water partition coefficient (Wildman–Crippen LogP) is 5.70. The first-order chi connectivity index (χ1) is 14.7. The molecular weight excluding hydrogens is 380 g/mol. The van der Waals surface area contributed by atoms with Gasteiger partial charge >= 0.3 is 0 Å². The molecule has 0 N–H and O–H groups in total. The Labute approximate surface area is 185 Å². The lowest BCUT2D eigenvalue weighted by molar-refractivity contribution is -0.256. The molecule has 0 aromatic heterocycles. The van der Waals surface area contributed by atoms with E-state index in [0.717, 1.165) is 58.0 Å². The standard InChI is InChI=1S/C25H48O5/c1-6-11-16-26-20-22-24(28-18-13-8-3)25(29-19-14-9-4)23(27-17-12-7-2)21(30-22)15-10-5/h10,15,21-25H,6-9,11-14,16-20H2,1-5H3/b15-10+/t21-,22?,23?,24-,25-/m1/s1. The van der Waals surface area contributed by atoms with Crippen molar-refractivity contribution in [3.8, 4) is 0 Å². The summed E-state index contributed by atoms with van der Waals surface area (Å²) in [5, 5.41) is 0. The minimum absolute atomic E-state index is 0.149. The van der Waals surface area contributed by atoms with E-state index in [1.54, 1.807) is 0 Å². The van der Waals surface area contributed by atoms with Gasteiger partial charge < -0.3 is 23.7 Å². The summed E-state index contributed by atoms with van der Waals surface area (Å²) in [7, 11) is 0. The third kappa shape index (κ3) is 10.2. The van der Waals surface area contributed by atoms with Crippen molar-refractivity contribution in [2.24, 2.45) is 0 Å². The zero-order chi connectivity index (χ0) is 22.0. The lowest BCUT2D eigenvalue weighted by atomic mass is 9.93. The first kappa shape index (κ1) is 27.6. The molecule has 1 rings (SSSR count). The number of hydrogen-bond acceptors (Lipinski definition) is 5. The average Bonchev–Trinajstić information content (AvgIpc) is 2.75.